The second kappa shape index (κ2) is 5.32. The van der Waals surface area contributed by atoms with Crippen molar-refractivity contribution in [3.05, 3.63) is 57.1 Å². The van der Waals surface area contributed by atoms with Gasteiger partial charge in [0.2, 0.25) is 0 Å². The normalized spacial score (nSPS) is 12.4. The van der Waals surface area contributed by atoms with Crippen LogP contribution in [0.4, 0.5) is 0 Å². The Balaban J connectivity index is 2.25. The summed E-state index contributed by atoms with van der Waals surface area (Å²) in [6, 6.07) is 7.97. The van der Waals surface area contributed by atoms with Gasteiger partial charge in [0.25, 0.3) is 0 Å². The molecule has 4 nitrogen and oxygen atoms in total. The minimum absolute atomic E-state index is 0.0530. The number of carbonyl (C=O) groups excluding carboxylic acids is 2. The number of halogens is 1. The molecule has 0 aromatic heterocycles. The molecular formula is C17H9BrO4. The number of phenols is 1. The molecule has 0 unspecified atom stereocenters. The van der Waals surface area contributed by atoms with Crippen LogP contribution in [0.3, 0.4) is 0 Å². The molecule has 0 fully saturated rings. The minimum atomic E-state index is -0.416. The molecule has 0 aliphatic heterocycles. The Morgan fingerprint density at radius 2 is 1.77 bits per heavy atom. The molecule has 0 saturated heterocycles. The van der Waals surface area contributed by atoms with E-state index in [0.29, 0.717) is 10.0 Å². The van der Waals surface area contributed by atoms with Gasteiger partial charge in [-0.2, -0.15) is 0 Å². The van der Waals surface area contributed by atoms with Crippen LogP contribution in [-0.4, -0.2) is 23.3 Å². The second-order valence-electron chi connectivity index (χ2n) is 4.66. The van der Waals surface area contributed by atoms with Crippen molar-refractivity contribution in [2.75, 3.05) is 6.61 Å². The monoisotopic (exact) mass is 356 g/mol. The summed E-state index contributed by atoms with van der Waals surface area (Å²) in [6.07, 6.45) is 5.13. The van der Waals surface area contributed by atoms with E-state index in [1.54, 1.807) is 24.3 Å². The van der Waals surface area contributed by atoms with Crippen LogP contribution in [0.15, 0.2) is 34.8 Å². The van der Waals surface area contributed by atoms with Crippen molar-refractivity contribution in [3.63, 3.8) is 0 Å². The molecule has 0 atom stereocenters. The van der Waals surface area contributed by atoms with Crippen molar-refractivity contribution in [2.45, 2.75) is 0 Å². The molecule has 0 radical (unpaired) electrons. The number of ketones is 2. The van der Waals surface area contributed by atoms with Gasteiger partial charge in [0.15, 0.2) is 23.1 Å². The van der Waals surface area contributed by atoms with Crippen LogP contribution in [0.1, 0.15) is 31.8 Å². The van der Waals surface area contributed by atoms with Gasteiger partial charge in [0.05, 0.1) is 10.0 Å². The van der Waals surface area contributed by atoms with Crippen molar-refractivity contribution in [2.24, 2.45) is 0 Å². The molecule has 2 aromatic rings. The molecule has 0 bridgehead atoms. The first-order valence-corrected chi connectivity index (χ1v) is 7.15. The summed E-state index contributed by atoms with van der Waals surface area (Å²) in [5.74, 6) is 1.22. The number of terminal acetylenes is 1. The van der Waals surface area contributed by atoms with E-state index in [1.165, 1.54) is 6.07 Å². The van der Waals surface area contributed by atoms with E-state index in [-0.39, 0.29) is 40.6 Å². The summed E-state index contributed by atoms with van der Waals surface area (Å²) in [5, 5.41) is 10.4. The fourth-order valence-electron chi connectivity index (χ4n) is 2.44. The average molecular weight is 357 g/mol. The molecule has 0 heterocycles. The predicted molar refractivity (Wildman–Crippen MR) is 83.4 cm³/mol. The van der Waals surface area contributed by atoms with Crippen LogP contribution < -0.4 is 4.74 Å². The van der Waals surface area contributed by atoms with Crippen LogP contribution in [0.25, 0.3) is 0 Å². The number of phenolic OH excluding ortho intramolecular Hbond substituents is 1. The molecule has 3 rings (SSSR count). The van der Waals surface area contributed by atoms with Gasteiger partial charge in [-0.05, 0) is 22.0 Å². The number of carbonyl (C=O) groups is 2. The topological polar surface area (TPSA) is 63.6 Å². The summed E-state index contributed by atoms with van der Waals surface area (Å²) in [4.78, 5) is 25.1. The van der Waals surface area contributed by atoms with Gasteiger partial charge in [-0.25, -0.2) is 0 Å². The molecular weight excluding hydrogens is 348 g/mol. The van der Waals surface area contributed by atoms with E-state index in [1.807, 2.05) is 0 Å². The van der Waals surface area contributed by atoms with Crippen LogP contribution in [0, 0.1) is 12.3 Å². The zero-order valence-electron chi connectivity index (χ0n) is 11.2. The lowest BCUT2D eigenvalue weighted by atomic mass is 9.83. The number of fused-ring (bicyclic) bond motifs is 2. The summed E-state index contributed by atoms with van der Waals surface area (Å²) in [7, 11) is 0. The standard InChI is InChI=1S/C17H9BrO4/c1-2-7-22-17-12(18)8-11-13(16(17)21)15(20)10-6-4-3-5-9(10)14(11)19/h1,3-6,8,21H,7H2. The Labute approximate surface area is 134 Å². The van der Waals surface area contributed by atoms with E-state index < -0.39 is 5.78 Å². The lowest BCUT2D eigenvalue weighted by molar-refractivity contribution is 0.0976. The van der Waals surface area contributed by atoms with E-state index >= 15 is 0 Å². The Morgan fingerprint density at radius 3 is 2.41 bits per heavy atom. The highest BCUT2D eigenvalue weighted by molar-refractivity contribution is 9.10. The zero-order chi connectivity index (χ0) is 15.9. The fourth-order valence-corrected chi connectivity index (χ4v) is 2.97. The molecule has 0 spiro atoms. The Hall–Kier alpha value is -2.58. The highest BCUT2D eigenvalue weighted by Crippen LogP contribution is 2.43. The van der Waals surface area contributed by atoms with Crippen LogP contribution >= 0.6 is 15.9 Å². The third kappa shape index (κ3) is 2.00. The third-order valence-electron chi connectivity index (χ3n) is 3.40. The van der Waals surface area contributed by atoms with E-state index in [9.17, 15) is 14.7 Å². The smallest absolute Gasteiger partial charge is 0.198 e. The Kier molecular flexibility index (Phi) is 3.47. The largest absolute Gasteiger partial charge is 0.504 e. The van der Waals surface area contributed by atoms with Crippen molar-refractivity contribution in [1.29, 1.82) is 0 Å². The molecule has 1 N–H and O–H groups in total. The molecule has 0 saturated carbocycles. The summed E-state index contributed by atoms with van der Waals surface area (Å²) in [6.45, 7) is -0.0658. The Bertz CT molecular complexity index is 862. The zero-order valence-corrected chi connectivity index (χ0v) is 12.8. The number of ether oxygens (including phenoxy) is 1. The SMILES string of the molecule is C#CCOc1c(Br)cc2c(c1O)C(=O)c1ccccc1C2=O. The van der Waals surface area contributed by atoms with Crippen molar-refractivity contribution >= 4 is 27.5 Å². The maximum absolute atomic E-state index is 12.6. The van der Waals surface area contributed by atoms with Crippen LogP contribution in [-0.2, 0) is 0 Å². The van der Waals surface area contributed by atoms with Gasteiger partial charge >= 0.3 is 0 Å². The lowest BCUT2D eigenvalue weighted by Crippen LogP contribution is -2.21. The molecule has 2 aromatic carbocycles. The molecule has 22 heavy (non-hydrogen) atoms. The van der Waals surface area contributed by atoms with Gasteiger partial charge in [-0.3, -0.25) is 9.59 Å². The minimum Gasteiger partial charge on any atom is -0.504 e. The first kappa shape index (κ1) is 14.4. The van der Waals surface area contributed by atoms with Crippen LogP contribution in [0.2, 0.25) is 0 Å². The van der Waals surface area contributed by atoms with Gasteiger partial charge in [0, 0.05) is 16.7 Å². The number of benzene rings is 2. The highest BCUT2D eigenvalue weighted by Gasteiger charge is 2.34. The van der Waals surface area contributed by atoms with Crippen LogP contribution in [0.5, 0.6) is 11.5 Å². The van der Waals surface area contributed by atoms with Gasteiger partial charge in [-0.15, -0.1) is 6.42 Å². The van der Waals surface area contributed by atoms with Gasteiger partial charge in [-0.1, -0.05) is 30.2 Å². The maximum atomic E-state index is 12.6. The molecule has 1 aliphatic carbocycles. The number of hydrogen-bond donors (Lipinski definition) is 1. The summed E-state index contributed by atoms with van der Waals surface area (Å²) >= 11 is 3.23. The van der Waals surface area contributed by atoms with Gasteiger partial charge < -0.3 is 9.84 Å². The number of aromatic hydroxyl groups is 1. The van der Waals surface area contributed by atoms with Crippen molar-refractivity contribution in [3.8, 4) is 23.8 Å². The Morgan fingerprint density at radius 1 is 1.14 bits per heavy atom. The first-order chi connectivity index (χ1) is 10.6. The highest BCUT2D eigenvalue weighted by atomic mass is 79.9. The van der Waals surface area contributed by atoms with E-state index in [2.05, 4.69) is 21.9 Å². The molecule has 1 aliphatic rings. The van der Waals surface area contributed by atoms with E-state index in [0.717, 1.165) is 0 Å². The second-order valence-corrected chi connectivity index (χ2v) is 5.51. The lowest BCUT2D eigenvalue weighted by Gasteiger charge is -2.20. The fraction of sp³-hybridized carbons (Fsp3) is 0.0588. The number of hydrogen-bond acceptors (Lipinski definition) is 4. The molecule has 5 heteroatoms. The van der Waals surface area contributed by atoms with Crippen molar-refractivity contribution < 1.29 is 19.4 Å². The summed E-state index contributed by atoms with van der Waals surface area (Å²) in [5.41, 5.74) is 0.671. The van der Waals surface area contributed by atoms with Gasteiger partial charge in [0.1, 0.15) is 6.61 Å². The van der Waals surface area contributed by atoms with Crippen molar-refractivity contribution in [1.82, 2.24) is 0 Å². The third-order valence-corrected chi connectivity index (χ3v) is 3.99. The molecule has 108 valence electrons. The maximum Gasteiger partial charge on any atom is 0.198 e. The quantitative estimate of drug-likeness (QED) is 0.717. The average Bonchev–Trinajstić information content (AvgIpc) is 2.52. The van der Waals surface area contributed by atoms with E-state index in [4.69, 9.17) is 11.2 Å². The first-order valence-electron chi connectivity index (χ1n) is 6.36. The number of rotatable bonds is 2. The summed E-state index contributed by atoms with van der Waals surface area (Å²) < 4.78 is 5.62. The molecule has 0 amide bonds. The predicted octanol–water partition coefficient (Wildman–Crippen LogP) is 2.94.